The van der Waals surface area contributed by atoms with Crippen molar-refractivity contribution in [2.75, 3.05) is 0 Å². The first-order chi connectivity index (χ1) is 6.27. The fourth-order valence-electron chi connectivity index (χ4n) is 0. The lowest BCUT2D eigenvalue weighted by Gasteiger charge is -1.94. The summed E-state index contributed by atoms with van der Waals surface area (Å²) in [6.07, 6.45) is 0. The average molecular weight is 398 g/mol. The molecule has 0 heterocycles. The number of halogens is 9. The molecule has 0 aromatic rings. The van der Waals surface area contributed by atoms with Crippen LogP contribution in [-0.2, 0) is 0 Å². The van der Waals surface area contributed by atoms with E-state index in [1.165, 1.54) is 13.8 Å². The summed E-state index contributed by atoms with van der Waals surface area (Å²) in [5, 5.41) is 0. The maximum Gasteiger partial charge on any atom is 0.187 e. The van der Waals surface area contributed by atoms with Crippen molar-refractivity contribution >= 4 is 104 Å². The molecule has 0 bridgehead atoms. The predicted molar refractivity (Wildman–Crippen MR) is 77.6 cm³/mol. The van der Waals surface area contributed by atoms with Gasteiger partial charge in [0.2, 0.25) is 0 Å². The molecule has 0 radical (unpaired) electrons. The van der Waals surface area contributed by atoms with Crippen molar-refractivity contribution in [3.8, 4) is 0 Å². The van der Waals surface area contributed by atoms with Crippen molar-refractivity contribution < 1.29 is 0 Å². The van der Waals surface area contributed by atoms with Gasteiger partial charge in [-0.25, -0.2) is 0 Å². The summed E-state index contributed by atoms with van der Waals surface area (Å²) < 4.78 is -2.08. The van der Waals surface area contributed by atoms with Crippen molar-refractivity contribution in [3.05, 3.63) is 10.0 Å². The molecule has 0 amide bonds. The van der Waals surface area contributed by atoms with Gasteiger partial charge in [-0.3, -0.25) is 0 Å². The Labute approximate surface area is 135 Å². The van der Waals surface area contributed by atoms with Crippen molar-refractivity contribution in [3.63, 3.8) is 0 Å². The molecule has 9 heteroatoms. The van der Waals surface area contributed by atoms with E-state index in [1.807, 2.05) is 0 Å². The fraction of sp³-hybridized carbons (Fsp3) is 0.667. The van der Waals surface area contributed by atoms with E-state index in [-0.39, 0.29) is 4.49 Å². The van der Waals surface area contributed by atoms with Crippen molar-refractivity contribution in [1.29, 1.82) is 0 Å². The molecule has 0 spiro atoms. The molecule has 0 aliphatic rings. The highest BCUT2D eigenvalue weighted by Crippen LogP contribution is 2.23. The lowest BCUT2D eigenvalue weighted by molar-refractivity contribution is 1.27. The van der Waals surface area contributed by atoms with Crippen LogP contribution in [0.3, 0.4) is 0 Å². The molecule has 0 aliphatic heterocycles. The topological polar surface area (TPSA) is 0 Å². The van der Waals surface area contributed by atoms with Crippen LogP contribution in [0.4, 0.5) is 0 Å². The second-order valence-electron chi connectivity index (χ2n) is 1.96. The summed E-state index contributed by atoms with van der Waals surface area (Å²) in [6, 6.07) is 0. The maximum absolute atomic E-state index is 5.06. The molecule has 0 N–H and O–H groups in total. The highest BCUT2D eigenvalue weighted by atomic mass is 35.6. The van der Waals surface area contributed by atoms with Crippen LogP contribution in [0.25, 0.3) is 0 Å². The third kappa shape index (κ3) is 178. The Balaban J connectivity index is -0.000000144. The lowest BCUT2D eigenvalue weighted by atomic mass is 10.9. The molecule has 0 aromatic heterocycles. The van der Waals surface area contributed by atoms with Gasteiger partial charge in [0.15, 0.2) is 7.59 Å². The standard InChI is InChI=1S/2C2H3Cl3.C2HCl3/c2*1-2(3,4)5;3-1-2(4)5/h2*1H3;1H. The average Bonchev–Trinajstić information content (AvgIpc) is 1.79. The summed E-state index contributed by atoms with van der Waals surface area (Å²) in [5.41, 5.74) is 1.09. The highest BCUT2D eigenvalue weighted by Gasteiger charge is 2.07. The number of rotatable bonds is 0. The molecule has 0 aromatic carbocycles. The third-order valence-electron chi connectivity index (χ3n) is 0.0825. The first kappa shape index (κ1) is 22.5. The number of alkyl halides is 6. The van der Waals surface area contributed by atoms with Crippen molar-refractivity contribution in [2.24, 2.45) is 0 Å². The first-order valence-corrected chi connectivity index (χ1v) is 6.48. The Morgan fingerprint density at radius 3 is 0.867 bits per heavy atom. The molecule has 0 aliphatic carbocycles. The first-order valence-electron chi connectivity index (χ1n) is 3.02. The second-order valence-corrected chi connectivity index (χ2v) is 8.88. The van der Waals surface area contributed by atoms with Gasteiger partial charge >= 0.3 is 0 Å². The molecule has 0 nitrogen and oxygen atoms in total. The van der Waals surface area contributed by atoms with Crippen LogP contribution < -0.4 is 0 Å². The molecular formula is C6H7Cl9. The molecule has 94 valence electrons. The number of hydrogen-bond acceptors (Lipinski definition) is 0. The van der Waals surface area contributed by atoms with Crippen LogP contribution in [0, 0.1) is 0 Å². The fourth-order valence-corrected chi connectivity index (χ4v) is 0. The minimum Gasteiger partial charge on any atom is -0.0904 e. The summed E-state index contributed by atoms with van der Waals surface area (Å²) in [6.45, 7) is 2.97. The largest absolute Gasteiger partial charge is 0.187 e. The molecule has 0 saturated heterocycles. The van der Waals surface area contributed by atoms with Crippen LogP contribution in [0.1, 0.15) is 13.8 Å². The monoisotopic (exact) mass is 394 g/mol. The van der Waals surface area contributed by atoms with Crippen LogP contribution in [0.15, 0.2) is 10.0 Å². The molecule has 15 heavy (non-hydrogen) atoms. The van der Waals surface area contributed by atoms with E-state index in [0.29, 0.717) is 0 Å². The summed E-state index contributed by atoms with van der Waals surface area (Å²) in [4.78, 5) is 0. The van der Waals surface area contributed by atoms with Crippen LogP contribution in [-0.4, -0.2) is 7.59 Å². The summed E-state index contributed by atoms with van der Waals surface area (Å²) in [5.74, 6) is 0. The molecule has 0 rings (SSSR count). The van der Waals surface area contributed by atoms with Gasteiger partial charge in [0.1, 0.15) is 4.49 Å². The van der Waals surface area contributed by atoms with E-state index in [1.54, 1.807) is 0 Å². The molecule has 0 unspecified atom stereocenters. The Morgan fingerprint density at radius 1 is 0.800 bits per heavy atom. The minimum absolute atomic E-state index is 0.0895. The van der Waals surface area contributed by atoms with Crippen molar-refractivity contribution in [2.45, 2.75) is 21.4 Å². The molecule has 0 saturated carbocycles. The van der Waals surface area contributed by atoms with E-state index >= 15 is 0 Å². The zero-order valence-electron chi connectivity index (χ0n) is 7.48. The van der Waals surface area contributed by atoms with Gasteiger partial charge in [-0.1, -0.05) is 104 Å². The minimum atomic E-state index is -1.08. The van der Waals surface area contributed by atoms with Gasteiger partial charge in [-0.15, -0.1) is 0 Å². The summed E-state index contributed by atoms with van der Waals surface area (Å²) >= 11 is 45.2. The van der Waals surface area contributed by atoms with E-state index in [9.17, 15) is 0 Å². The van der Waals surface area contributed by atoms with E-state index in [2.05, 4.69) is 0 Å². The maximum atomic E-state index is 5.06. The summed E-state index contributed by atoms with van der Waals surface area (Å²) in [7, 11) is 0. The quantitative estimate of drug-likeness (QED) is 0.377. The van der Waals surface area contributed by atoms with Crippen LogP contribution in [0.5, 0.6) is 0 Å². The molecule has 0 fully saturated rings. The Morgan fingerprint density at radius 2 is 0.867 bits per heavy atom. The predicted octanol–water partition coefficient (Wildman–Crippen LogP) is 7.25. The SMILES string of the molecule is CC(Cl)(Cl)Cl.CC(Cl)(Cl)Cl.ClC=C(Cl)Cl. The van der Waals surface area contributed by atoms with Gasteiger partial charge < -0.3 is 0 Å². The van der Waals surface area contributed by atoms with E-state index in [4.69, 9.17) is 104 Å². The van der Waals surface area contributed by atoms with Crippen LogP contribution in [0.2, 0.25) is 0 Å². The Bertz CT molecular complexity index is 134. The molecule has 0 atom stereocenters. The Hall–Kier alpha value is 2.35. The second kappa shape index (κ2) is 11.4. The Kier molecular flexibility index (Phi) is 17.2. The van der Waals surface area contributed by atoms with E-state index in [0.717, 1.165) is 5.54 Å². The highest BCUT2D eigenvalue weighted by molar-refractivity contribution is 6.67. The van der Waals surface area contributed by atoms with Crippen LogP contribution >= 0.6 is 104 Å². The number of hydrogen-bond donors (Lipinski definition) is 0. The zero-order chi connectivity index (χ0) is 13.3. The smallest absolute Gasteiger partial charge is 0.0904 e. The van der Waals surface area contributed by atoms with Gasteiger partial charge in [0.05, 0.1) is 0 Å². The zero-order valence-corrected chi connectivity index (χ0v) is 14.3. The van der Waals surface area contributed by atoms with Gasteiger partial charge in [0.25, 0.3) is 0 Å². The molecular weight excluding hydrogens is 391 g/mol. The van der Waals surface area contributed by atoms with Crippen molar-refractivity contribution in [1.82, 2.24) is 0 Å². The lowest BCUT2D eigenvalue weighted by Crippen LogP contribution is -1.87. The normalized spacial score (nSPS) is 10.3. The van der Waals surface area contributed by atoms with Gasteiger partial charge in [0, 0.05) is 5.54 Å². The van der Waals surface area contributed by atoms with E-state index < -0.39 is 7.59 Å². The van der Waals surface area contributed by atoms with Gasteiger partial charge in [-0.05, 0) is 13.8 Å². The van der Waals surface area contributed by atoms with Gasteiger partial charge in [-0.2, -0.15) is 0 Å². The third-order valence-corrected chi connectivity index (χ3v) is 0.742.